The van der Waals surface area contributed by atoms with E-state index < -0.39 is 6.10 Å². The minimum atomic E-state index is -0.582. The largest absolute Gasteiger partial charge is 0.479 e. The molecule has 2 aliphatic heterocycles. The molecule has 0 radical (unpaired) electrons. The average Bonchev–Trinajstić information content (AvgIpc) is 2.60. The van der Waals surface area contributed by atoms with Gasteiger partial charge in [0.15, 0.2) is 6.10 Å². The maximum atomic E-state index is 12.3. The maximum Gasteiger partial charge on any atom is 0.268 e. The summed E-state index contributed by atoms with van der Waals surface area (Å²) in [7, 11) is 0. The van der Waals surface area contributed by atoms with Gasteiger partial charge in [-0.1, -0.05) is 12.1 Å². The fourth-order valence-electron chi connectivity index (χ4n) is 2.90. The van der Waals surface area contributed by atoms with Crippen LogP contribution in [0, 0.1) is 0 Å². The number of hydrogen-bond donors (Lipinski definition) is 1. The Morgan fingerprint density at radius 1 is 1.29 bits per heavy atom. The highest BCUT2D eigenvalue weighted by Gasteiger charge is 2.32. The van der Waals surface area contributed by atoms with Crippen LogP contribution < -0.4 is 15.0 Å². The Balaban J connectivity index is 1.54. The third kappa shape index (κ3) is 3.85. The molecule has 130 valence electrons. The third-order valence-corrected chi connectivity index (χ3v) is 4.23. The normalized spacial score (nSPS) is 21.1. The lowest BCUT2D eigenvalue weighted by molar-refractivity contribution is -0.128. The number of anilines is 1. The summed E-state index contributed by atoms with van der Waals surface area (Å²) in [6.07, 6.45) is -0.582. The van der Waals surface area contributed by atoms with Crippen molar-refractivity contribution in [1.29, 1.82) is 0 Å². The number of fused-ring (bicyclic) bond motifs is 1. The van der Waals surface area contributed by atoms with Crippen LogP contribution in [0.15, 0.2) is 24.3 Å². The summed E-state index contributed by atoms with van der Waals surface area (Å²) < 4.78 is 10.9. The fraction of sp³-hybridized carbons (Fsp3) is 0.529. The predicted octanol–water partition coefficient (Wildman–Crippen LogP) is 0.249. The molecular weight excluding hydrogens is 310 g/mol. The Kier molecular flexibility index (Phi) is 5.32. The summed E-state index contributed by atoms with van der Waals surface area (Å²) in [6, 6.07) is 7.28. The van der Waals surface area contributed by atoms with Crippen molar-refractivity contribution in [2.24, 2.45) is 0 Å². The lowest BCUT2D eigenvalue weighted by atomic mass is 10.2. The molecule has 24 heavy (non-hydrogen) atoms. The number of nitrogens with one attached hydrogen (secondary N) is 1. The van der Waals surface area contributed by atoms with E-state index in [0.717, 1.165) is 32.8 Å². The zero-order valence-corrected chi connectivity index (χ0v) is 13.9. The van der Waals surface area contributed by atoms with E-state index in [2.05, 4.69) is 10.2 Å². The number of benzene rings is 1. The summed E-state index contributed by atoms with van der Waals surface area (Å²) in [5.41, 5.74) is 0.643. The van der Waals surface area contributed by atoms with E-state index in [4.69, 9.17) is 9.47 Å². The van der Waals surface area contributed by atoms with Gasteiger partial charge in [0.1, 0.15) is 12.3 Å². The van der Waals surface area contributed by atoms with Crippen LogP contribution in [0.2, 0.25) is 0 Å². The van der Waals surface area contributed by atoms with E-state index in [0.29, 0.717) is 18.0 Å². The van der Waals surface area contributed by atoms with Crippen molar-refractivity contribution in [2.45, 2.75) is 13.0 Å². The molecule has 1 aromatic carbocycles. The molecule has 0 aliphatic carbocycles. The van der Waals surface area contributed by atoms with E-state index in [9.17, 15) is 9.59 Å². The van der Waals surface area contributed by atoms with Crippen molar-refractivity contribution < 1.29 is 19.1 Å². The van der Waals surface area contributed by atoms with Gasteiger partial charge in [-0.05, 0) is 19.1 Å². The van der Waals surface area contributed by atoms with Crippen LogP contribution in [0.4, 0.5) is 5.69 Å². The van der Waals surface area contributed by atoms with Gasteiger partial charge in [-0.15, -0.1) is 0 Å². The van der Waals surface area contributed by atoms with Crippen molar-refractivity contribution in [3.63, 3.8) is 0 Å². The molecule has 1 saturated heterocycles. The van der Waals surface area contributed by atoms with Crippen molar-refractivity contribution in [3.05, 3.63) is 24.3 Å². The second-order valence-electron chi connectivity index (χ2n) is 5.96. The number of carbonyl (C=O) groups excluding carboxylic acids is 2. The molecule has 3 rings (SSSR count). The van der Waals surface area contributed by atoms with Gasteiger partial charge in [0.05, 0.1) is 18.9 Å². The van der Waals surface area contributed by atoms with Gasteiger partial charge in [0.25, 0.3) is 5.91 Å². The molecule has 1 fully saturated rings. The van der Waals surface area contributed by atoms with Crippen LogP contribution in [0.1, 0.15) is 6.92 Å². The first kappa shape index (κ1) is 16.7. The zero-order chi connectivity index (χ0) is 16.9. The monoisotopic (exact) mass is 333 g/mol. The summed E-state index contributed by atoms with van der Waals surface area (Å²) in [5.74, 6) is 0.267. The number of amides is 2. The van der Waals surface area contributed by atoms with Crippen LogP contribution >= 0.6 is 0 Å². The molecule has 2 heterocycles. The molecule has 0 saturated carbocycles. The number of carbonyl (C=O) groups is 2. The van der Waals surface area contributed by atoms with Crippen LogP contribution in [0.5, 0.6) is 5.75 Å². The average molecular weight is 333 g/mol. The topological polar surface area (TPSA) is 71.1 Å². The first-order chi connectivity index (χ1) is 11.6. The Hall–Kier alpha value is -2.12. The molecule has 0 unspecified atom stereocenters. The minimum absolute atomic E-state index is 0.00660. The number of rotatable bonds is 5. The SMILES string of the molecule is C[C@H]1Oc2ccccc2N(CC(=O)NCCN2CCOCC2)C1=O. The van der Waals surface area contributed by atoms with Gasteiger partial charge in [-0.25, -0.2) is 0 Å². The highest BCUT2D eigenvalue weighted by Crippen LogP contribution is 2.33. The van der Waals surface area contributed by atoms with Gasteiger partial charge in [-0.3, -0.25) is 19.4 Å². The number of ether oxygens (including phenoxy) is 2. The number of hydrogen-bond acceptors (Lipinski definition) is 5. The van der Waals surface area contributed by atoms with Crippen LogP contribution in [-0.2, 0) is 14.3 Å². The molecule has 2 amide bonds. The van der Waals surface area contributed by atoms with Crippen molar-refractivity contribution in [2.75, 3.05) is 50.8 Å². The Morgan fingerprint density at radius 2 is 2.04 bits per heavy atom. The van der Waals surface area contributed by atoms with E-state index >= 15 is 0 Å². The third-order valence-electron chi connectivity index (χ3n) is 4.23. The van der Waals surface area contributed by atoms with Crippen molar-refractivity contribution in [1.82, 2.24) is 10.2 Å². The smallest absolute Gasteiger partial charge is 0.268 e. The van der Waals surface area contributed by atoms with E-state index in [1.165, 1.54) is 4.90 Å². The summed E-state index contributed by atoms with van der Waals surface area (Å²) in [6.45, 7) is 6.32. The lowest BCUT2D eigenvalue weighted by Gasteiger charge is -2.32. The van der Waals surface area contributed by atoms with E-state index in [-0.39, 0.29) is 18.4 Å². The van der Waals surface area contributed by atoms with Gasteiger partial charge in [0, 0.05) is 26.2 Å². The second-order valence-corrected chi connectivity index (χ2v) is 5.96. The fourth-order valence-corrected chi connectivity index (χ4v) is 2.90. The van der Waals surface area contributed by atoms with Crippen molar-refractivity contribution in [3.8, 4) is 5.75 Å². The first-order valence-electron chi connectivity index (χ1n) is 8.29. The van der Waals surface area contributed by atoms with Gasteiger partial charge in [0.2, 0.25) is 5.91 Å². The number of morpholine rings is 1. The maximum absolute atomic E-state index is 12.3. The quantitative estimate of drug-likeness (QED) is 0.836. The molecular formula is C17H23N3O4. The standard InChI is InChI=1S/C17H23N3O4/c1-13-17(22)20(14-4-2-3-5-15(14)24-13)12-16(21)18-6-7-19-8-10-23-11-9-19/h2-5,13H,6-12H2,1H3,(H,18,21)/t13-/m1/s1. The highest BCUT2D eigenvalue weighted by molar-refractivity contribution is 6.03. The second kappa shape index (κ2) is 7.63. The molecule has 7 heteroatoms. The number of nitrogens with zero attached hydrogens (tertiary/aromatic N) is 2. The molecule has 7 nitrogen and oxygen atoms in total. The molecule has 1 atom stereocenters. The van der Waals surface area contributed by atoms with Crippen LogP contribution in [0.25, 0.3) is 0 Å². The molecule has 0 bridgehead atoms. The summed E-state index contributed by atoms with van der Waals surface area (Å²) in [4.78, 5) is 28.3. The Bertz CT molecular complexity index is 601. The summed E-state index contributed by atoms with van der Waals surface area (Å²) >= 11 is 0. The molecule has 2 aliphatic rings. The lowest BCUT2D eigenvalue weighted by Crippen LogP contribution is -2.49. The van der Waals surface area contributed by atoms with Gasteiger partial charge in [-0.2, -0.15) is 0 Å². The first-order valence-corrected chi connectivity index (χ1v) is 8.29. The predicted molar refractivity (Wildman–Crippen MR) is 89.2 cm³/mol. The molecule has 0 spiro atoms. The van der Waals surface area contributed by atoms with Crippen LogP contribution in [0.3, 0.4) is 0 Å². The molecule has 1 N–H and O–H groups in total. The van der Waals surface area contributed by atoms with Gasteiger partial charge >= 0.3 is 0 Å². The highest BCUT2D eigenvalue weighted by atomic mass is 16.5. The van der Waals surface area contributed by atoms with Gasteiger partial charge < -0.3 is 14.8 Å². The van der Waals surface area contributed by atoms with E-state index in [1.807, 2.05) is 18.2 Å². The molecule has 0 aromatic heterocycles. The molecule has 1 aromatic rings. The van der Waals surface area contributed by atoms with Crippen molar-refractivity contribution >= 4 is 17.5 Å². The number of para-hydroxylation sites is 2. The Morgan fingerprint density at radius 3 is 2.83 bits per heavy atom. The zero-order valence-electron chi connectivity index (χ0n) is 13.9. The summed E-state index contributed by atoms with van der Waals surface area (Å²) in [5, 5.41) is 2.89. The van der Waals surface area contributed by atoms with E-state index in [1.54, 1.807) is 13.0 Å². The van der Waals surface area contributed by atoms with Crippen LogP contribution in [-0.4, -0.2) is 68.8 Å². The minimum Gasteiger partial charge on any atom is -0.479 e. The Labute approximate surface area is 141 Å².